The van der Waals surface area contributed by atoms with E-state index in [1.807, 2.05) is 25.1 Å². The van der Waals surface area contributed by atoms with Gasteiger partial charge in [-0.1, -0.05) is 12.5 Å². The third kappa shape index (κ3) is 7.28. The van der Waals surface area contributed by atoms with Gasteiger partial charge in [-0.15, -0.1) is 0 Å². The summed E-state index contributed by atoms with van der Waals surface area (Å²) in [5.74, 6) is 1.34. The number of sulfone groups is 1. The number of hydrogen-bond acceptors (Lipinski definition) is 4. The van der Waals surface area contributed by atoms with Gasteiger partial charge < -0.3 is 4.74 Å². The Bertz CT molecular complexity index is 716. The van der Waals surface area contributed by atoms with Gasteiger partial charge in [0.25, 0.3) is 0 Å². The molecule has 4 nitrogen and oxygen atoms in total. The first-order valence-corrected chi connectivity index (χ1v) is 12.0. The number of carbonyl (C=O) groups is 1. The number of ether oxygens (including phenoxy) is 1. The van der Waals surface area contributed by atoms with Crippen LogP contribution in [0.15, 0.2) is 18.2 Å². The molecule has 0 heterocycles. The van der Waals surface area contributed by atoms with Crippen LogP contribution in [0.1, 0.15) is 76.3 Å². The van der Waals surface area contributed by atoms with Crippen LogP contribution in [-0.2, 0) is 21.1 Å². The fourth-order valence-electron chi connectivity index (χ4n) is 3.48. The Hall–Kier alpha value is -1.36. The number of Topliss-reactive ketones (excluding diaryl/α,β-unsaturated/α-hetero) is 1. The predicted molar refractivity (Wildman–Crippen MR) is 110 cm³/mol. The molecular formula is C22H34O4S. The normalized spacial score (nSPS) is 15.4. The second-order valence-electron chi connectivity index (χ2n) is 8.05. The van der Waals surface area contributed by atoms with Crippen LogP contribution in [0, 0.1) is 6.92 Å². The van der Waals surface area contributed by atoms with E-state index < -0.39 is 9.84 Å². The van der Waals surface area contributed by atoms with Crippen molar-refractivity contribution in [3.05, 3.63) is 29.3 Å². The van der Waals surface area contributed by atoms with E-state index in [1.54, 1.807) is 13.8 Å². The maximum absolute atomic E-state index is 12.2. The molecule has 0 aromatic heterocycles. The second-order valence-corrected chi connectivity index (χ2v) is 10.7. The average molecular weight is 395 g/mol. The molecule has 1 aromatic rings. The summed E-state index contributed by atoms with van der Waals surface area (Å²) in [4.78, 5) is 12.2. The second kappa shape index (κ2) is 10.3. The minimum absolute atomic E-state index is 0.217. The Morgan fingerprint density at radius 3 is 2.48 bits per heavy atom. The summed E-state index contributed by atoms with van der Waals surface area (Å²) in [6.45, 7) is 5.46. The van der Waals surface area contributed by atoms with Crippen molar-refractivity contribution in [3.8, 4) is 5.75 Å². The fraction of sp³-hybridized carbons (Fsp3) is 0.682. The molecule has 0 saturated heterocycles. The predicted octanol–water partition coefficient (Wildman–Crippen LogP) is 4.81. The third-order valence-corrected chi connectivity index (χ3v) is 7.70. The highest BCUT2D eigenvalue weighted by molar-refractivity contribution is 7.91. The van der Waals surface area contributed by atoms with E-state index in [0.29, 0.717) is 25.4 Å². The first kappa shape index (κ1) is 21.9. The van der Waals surface area contributed by atoms with Gasteiger partial charge in [-0.2, -0.15) is 0 Å². The van der Waals surface area contributed by atoms with Crippen molar-refractivity contribution in [1.82, 2.24) is 0 Å². The number of hydrogen-bond donors (Lipinski definition) is 0. The molecule has 1 aromatic carbocycles. The van der Waals surface area contributed by atoms with Crippen molar-refractivity contribution in [2.45, 2.75) is 89.9 Å². The van der Waals surface area contributed by atoms with Crippen LogP contribution in [0.5, 0.6) is 5.75 Å². The summed E-state index contributed by atoms with van der Waals surface area (Å²) in [5, 5.41) is -0.317. The van der Waals surface area contributed by atoms with Gasteiger partial charge in [-0.25, -0.2) is 8.42 Å². The minimum Gasteiger partial charge on any atom is -0.490 e. The lowest BCUT2D eigenvalue weighted by Gasteiger charge is -2.14. The van der Waals surface area contributed by atoms with Crippen molar-refractivity contribution in [3.63, 3.8) is 0 Å². The van der Waals surface area contributed by atoms with Crippen molar-refractivity contribution >= 4 is 15.6 Å². The molecule has 1 fully saturated rings. The minimum atomic E-state index is -2.96. The molecule has 1 saturated carbocycles. The summed E-state index contributed by atoms with van der Waals surface area (Å²) in [7, 11) is -2.96. The van der Waals surface area contributed by atoms with Crippen molar-refractivity contribution in [1.29, 1.82) is 0 Å². The zero-order valence-corrected chi connectivity index (χ0v) is 17.8. The molecule has 0 spiro atoms. The van der Waals surface area contributed by atoms with Crippen LogP contribution in [0.3, 0.4) is 0 Å². The summed E-state index contributed by atoms with van der Waals surface area (Å²) < 4.78 is 29.5. The molecule has 2 rings (SSSR count). The zero-order chi connectivity index (χ0) is 19.9. The average Bonchev–Trinajstić information content (AvgIpc) is 3.10. The Morgan fingerprint density at radius 1 is 1.15 bits per heavy atom. The summed E-state index contributed by atoms with van der Waals surface area (Å²) >= 11 is 0. The Kier molecular flexibility index (Phi) is 8.33. The van der Waals surface area contributed by atoms with Gasteiger partial charge >= 0.3 is 0 Å². The SMILES string of the molecule is Cc1cc(OC2CCCC2)ccc1CC(=O)CCCCCS(=O)(=O)C(C)C. The Morgan fingerprint density at radius 2 is 1.85 bits per heavy atom. The molecular weight excluding hydrogens is 360 g/mol. The number of aryl methyl sites for hydroxylation is 1. The number of ketones is 1. The third-order valence-electron chi connectivity index (χ3n) is 5.41. The van der Waals surface area contributed by atoms with Crippen molar-refractivity contribution in [2.75, 3.05) is 5.75 Å². The quantitative estimate of drug-likeness (QED) is 0.505. The van der Waals surface area contributed by atoms with Gasteiger partial charge in [0, 0.05) is 12.8 Å². The number of unbranched alkanes of at least 4 members (excludes halogenated alkanes) is 2. The van der Waals surface area contributed by atoms with Gasteiger partial charge in [0.1, 0.15) is 11.5 Å². The lowest BCUT2D eigenvalue weighted by Crippen LogP contribution is -2.17. The molecule has 1 aliphatic carbocycles. The summed E-state index contributed by atoms with van der Waals surface area (Å²) in [5.41, 5.74) is 2.16. The molecule has 0 radical (unpaired) electrons. The fourth-order valence-corrected chi connectivity index (χ4v) is 4.56. The molecule has 0 unspecified atom stereocenters. The van der Waals surface area contributed by atoms with Crippen LogP contribution in [-0.4, -0.2) is 31.3 Å². The van der Waals surface area contributed by atoms with Crippen LogP contribution in [0.25, 0.3) is 0 Å². The highest BCUT2D eigenvalue weighted by Gasteiger charge is 2.17. The highest BCUT2D eigenvalue weighted by atomic mass is 32.2. The van der Waals surface area contributed by atoms with E-state index >= 15 is 0 Å². The van der Waals surface area contributed by atoms with Gasteiger partial charge in [-0.3, -0.25) is 4.79 Å². The first-order chi connectivity index (χ1) is 12.8. The van der Waals surface area contributed by atoms with Crippen molar-refractivity contribution in [2.24, 2.45) is 0 Å². The largest absolute Gasteiger partial charge is 0.490 e. The molecule has 0 bridgehead atoms. The van der Waals surface area contributed by atoms with Crippen LogP contribution >= 0.6 is 0 Å². The number of rotatable bonds is 11. The van der Waals surface area contributed by atoms with Crippen LogP contribution in [0.2, 0.25) is 0 Å². The summed E-state index contributed by atoms with van der Waals surface area (Å²) in [6, 6.07) is 6.02. The molecule has 0 amide bonds. The van der Waals surface area contributed by atoms with Crippen LogP contribution in [0.4, 0.5) is 0 Å². The maximum atomic E-state index is 12.2. The van der Waals surface area contributed by atoms with Gasteiger partial charge in [0.05, 0.1) is 17.1 Å². The molecule has 1 aliphatic rings. The van der Waals surface area contributed by atoms with E-state index in [0.717, 1.165) is 42.6 Å². The lowest BCUT2D eigenvalue weighted by molar-refractivity contribution is -0.118. The van der Waals surface area contributed by atoms with Crippen molar-refractivity contribution < 1.29 is 17.9 Å². The first-order valence-electron chi connectivity index (χ1n) is 10.3. The van der Waals surface area contributed by atoms with Gasteiger partial charge in [-0.05, 0) is 82.6 Å². The Balaban J connectivity index is 1.72. The van der Waals surface area contributed by atoms with Crippen LogP contribution < -0.4 is 4.74 Å². The molecule has 0 N–H and O–H groups in total. The molecule has 0 aliphatic heterocycles. The topological polar surface area (TPSA) is 60.4 Å². The molecule has 0 atom stereocenters. The van der Waals surface area contributed by atoms with E-state index in [4.69, 9.17) is 4.74 Å². The van der Waals surface area contributed by atoms with Gasteiger partial charge in [0.2, 0.25) is 0 Å². The molecule has 152 valence electrons. The van der Waals surface area contributed by atoms with Gasteiger partial charge in [0.15, 0.2) is 9.84 Å². The van der Waals surface area contributed by atoms with E-state index in [-0.39, 0.29) is 16.8 Å². The van der Waals surface area contributed by atoms with E-state index in [9.17, 15) is 13.2 Å². The van der Waals surface area contributed by atoms with E-state index in [1.165, 1.54) is 12.8 Å². The molecule has 5 heteroatoms. The standard InChI is InChI=1S/C22H34O4S/c1-17(2)27(24,25)14-8-4-5-9-20(23)16-19-12-13-22(15-18(19)3)26-21-10-6-7-11-21/h12-13,15,17,21H,4-11,14,16H2,1-3H3. The smallest absolute Gasteiger partial charge is 0.152 e. The molecule has 27 heavy (non-hydrogen) atoms. The zero-order valence-electron chi connectivity index (χ0n) is 17.0. The monoisotopic (exact) mass is 394 g/mol. The summed E-state index contributed by atoms with van der Waals surface area (Å²) in [6.07, 6.45) is 8.26. The lowest BCUT2D eigenvalue weighted by atomic mass is 10.00. The highest BCUT2D eigenvalue weighted by Crippen LogP contribution is 2.26. The number of benzene rings is 1. The Labute approximate surface area is 164 Å². The van der Waals surface area contributed by atoms with E-state index in [2.05, 4.69) is 0 Å². The number of carbonyl (C=O) groups excluding carboxylic acids is 1. The maximum Gasteiger partial charge on any atom is 0.152 e.